The van der Waals surface area contributed by atoms with Gasteiger partial charge in [-0.15, -0.1) is 0 Å². The van der Waals surface area contributed by atoms with E-state index in [1.165, 1.54) is 19.0 Å². The molecule has 1 aliphatic rings. The van der Waals surface area contributed by atoms with Gasteiger partial charge in [-0.25, -0.2) is 9.37 Å². The zero-order valence-corrected chi connectivity index (χ0v) is 11.9. The molecule has 1 aromatic heterocycles. The van der Waals surface area contributed by atoms with Gasteiger partial charge in [0.05, 0.1) is 6.20 Å². The van der Waals surface area contributed by atoms with Gasteiger partial charge in [-0.1, -0.05) is 13.8 Å². The number of anilines is 2. The van der Waals surface area contributed by atoms with E-state index >= 15 is 0 Å². The summed E-state index contributed by atoms with van der Waals surface area (Å²) in [7, 11) is 0. The highest BCUT2D eigenvalue weighted by Crippen LogP contribution is 2.30. The van der Waals surface area contributed by atoms with E-state index in [9.17, 15) is 4.39 Å². The van der Waals surface area contributed by atoms with E-state index in [4.69, 9.17) is 0 Å². The molecule has 4 nitrogen and oxygen atoms in total. The van der Waals surface area contributed by atoms with Crippen molar-refractivity contribution in [3.8, 4) is 0 Å². The van der Waals surface area contributed by atoms with Crippen LogP contribution in [0.3, 0.4) is 0 Å². The minimum atomic E-state index is -0.382. The molecule has 0 radical (unpaired) electrons. The summed E-state index contributed by atoms with van der Waals surface area (Å²) < 4.78 is 13.8. The Morgan fingerprint density at radius 3 is 2.84 bits per heavy atom. The van der Waals surface area contributed by atoms with Gasteiger partial charge < -0.3 is 10.6 Å². The Morgan fingerprint density at radius 2 is 2.16 bits per heavy atom. The quantitative estimate of drug-likeness (QED) is 0.878. The number of hydrogen-bond donors (Lipinski definition) is 2. The molecule has 2 rings (SSSR count). The Bertz CT molecular complexity index is 424. The zero-order chi connectivity index (χ0) is 13.8. The van der Waals surface area contributed by atoms with Crippen molar-refractivity contribution in [2.75, 3.05) is 17.2 Å². The normalized spacial score (nSPS) is 27.1. The van der Waals surface area contributed by atoms with Gasteiger partial charge in [-0.2, -0.15) is 4.98 Å². The van der Waals surface area contributed by atoms with E-state index in [2.05, 4.69) is 34.4 Å². The lowest BCUT2D eigenvalue weighted by Crippen LogP contribution is -2.33. The van der Waals surface area contributed by atoms with Crippen LogP contribution in [0.15, 0.2) is 6.20 Å². The van der Waals surface area contributed by atoms with Gasteiger partial charge in [-0.3, -0.25) is 0 Å². The third kappa shape index (κ3) is 3.55. The van der Waals surface area contributed by atoms with Gasteiger partial charge in [-0.05, 0) is 38.0 Å². The van der Waals surface area contributed by atoms with E-state index in [1.807, 2.05) is 6.92 Å². The Balaban J connectivity index is 2.07. The fourth-order valence-electron chi connectivity index (χ4n) is 2.77. The topological polar surface area (TPSA) is 49.8 Å². The molecule has 0 aliphatic heterocycles. The maximum atomic E-state index is 13.8. The Labute approximate surface area is 114 Å². The van der Waals surface area contributed by atoms with E-state index in [-0.39, 0.29) is 5.82 Å². The highest BCUT2D eigenvalue weighted by atomic mass is 19.1. The van der Waals surface area contributed by atoms with Crippen LogP contribution in [0.2, 0.25) is 0 Å². The molecule has 1 aliphatic carbocycles. The van der Waals surface area contributed by atoms with Crippen LogP contribution in [0.1, 0.15) is 40.0 Å². The molecule has 3 unspecified atom stereocenters. The molecule has 3 atom stereocenters. The smallest absolute Gasteiger partial charge is 0.224 e. The molecule has 0 saturated heterocycles. The van der Waals surface area contributed by atoms with Crippen LogP contribution >= 0.6 is 0 Å². The van der Waals surface area contributed by atoms with E-state index in [0.29, 0.717) is 23.7 Å². The lowest BCUT2D eigenvalue weighted by Gasteiger charge is -2.33. The highest BCUT2D eigenvalue weighted by Gasteiger charge is 2.26. The second-order valence-electron chi connectivity index (χ2n) is 5.57. The van der Waals surface area contributed by atoms with Gasteiger partial charge in [0.15, 0.2) is 11.6 Å². The average Bonchev–Trinajstić information content (AvgIpc) is 2.37. The summed E-state index contributed by atoms with van der Waals surface area (Å²) >= 11 is 0. The van der Waals surface area contributed by atoms with Gasteiger partial charge >= 0.3 is 0 Å². The van der Waals surface area contributed by atoms with Crippen LogP contribution in [-0.4, -0.2) is 22.6 Å². The minimum absolute atomic E-state index is 0.301. The average molecular weight is 266 g/mol. The predicted molar refractivity (Wildman–Crippen MR) is 75.7 cm³/mol. The lowest BCUT2D eigenvalue weighted by molar-refractivity contribution is 0.275. The molecule has 1 heterocycles. The summed E-state index contributed by atoms with van der Waals surface area (Å²) in [6, 6.07) is 0.301. The Kier molecular flexibility index (Phi) is 4.56. The molecular weight excluding hydrogens is 243 g/mol. The maximum Gasteiger partial charge on any atom is 0.224 e. The van der Waals surface area contributed by atoms with Crippen molar-refractivity contribution >= 4 is 11.8 Å². The first-order valence-electron chi connectivity index (χ1n) is 7.13. The minimum Gasteiger partial charge on any atom is -0.364 e. The van der Waals surface area contributed by atoms with Crippen LogP contribution in [0.25, 0.3) is 0 Å². The molecule has 0 amide bonds. The largest absolute Gasteiger partial charge is 0.364 e. The summed E-state index contributed by atoms with van der Waals surface area (Å²) in [4.78, 5) is 8.12. The van der Waals surface area contributed by atoms with Crippen molar-refractivity contribution in [3.05, 3.63) is 12.0 Å². The standard InChI is InChI=1S/C14H23FN4/c1-4-16-14-17-8-11(15)13(19-14)18-12-6-5-9(2)7-10(12)3/h8-10,12H,4-7H2,1-3H3,(H2,16,17,18,19). The lowest BCUT2D eigenvalue weighted by atomic mass is 9.80. The van der Waals surface area contributed by atoms with Gasteiger partial charge in [0.1, 0.15) is 0 Å². The third-order valence-electron chi connectivity index (χ3n) is 3.83. The molecule has 1 aromatic rings. The van der Waals surface area contributed by atoms with Crippen molar-refractivity contribution < 1.29 is 4.39 Å². The second-order valence-corrected chi connectivity index (χ2v) is 5.57. The molecule has 0 aromatic carbocycles. The Morgan fingerprint density at radius 1 is 1.37 bits per heavy atom. The van der Waals surface area contributed by atoms with E-state index in [1.54, 1.807) is 0 Å². The predicted octanol–water partition coefficient (Wildman–Crippen LogP) is 3.28. The van der Waals surface area contributed by atoms with Crippen molar-refractivity contribution in [1.82, 2.24) is 9.97 Å². The Hall–Kier alpha value is -1.39. The first kappa shape index (κ1) is 14.0. The van der Waals surface area contributed by atoms with Crippen molar-refractivity contribution in [2.45, 2.75) is 46.1 Å². The molecule has 5 heteroatoms. The summed E-state index contributed by atoms with van der Waals surface area (Å²) in [6.07, 6.45) is 4.67. The SMILES string of the molecule is CCNc1ncc(F)c(NC2CCC(C)CC2C)n1. The molecule has 106 valence electrons. The van der Waals surface area contributed by atoms with Crippen molar-refractivity contribution in [3.63, 3.8) is 0 Å². The molecule has 2 N–H and O–H groups in total. The van der Waals surface area contributed by atoms with E-state index in [0.717, 1.165) is 18.9 Å². The van der Waals surface area contributed by atoms with Crippen LogP contribution in [0, 0.1) is 17.7 Å². The van der Waals surface area contributed by atoms with Crippen LogP contribution in [0.4, 0.5) is 16.2 Å². The van der Waals surface area contributed by atoms with Gasteiger partial charge in [0, 0.05) is 12.6 Å². The van der Waals surface area contributed by atoms with Crippen LogP contribution in [-0.2, 0) is 0 Å². The number of aromatic nitrogens is 2. The molecular formula is C14H23FN4. The number of nitrogens with zero attached hydrogens (tertiary/aromatic N) is 2. The highest BCUT2D eigenvalue weighted by molar-refractivity contribution is 5.42. The molecule has 1 saturated carbocycles. The fraction of sp³-hybridized carbons (Fsp3) is 0.714. The summed E-state index contributed by atoms with van der Waals surface area (Å²) in [5.41, 5.74) is 0. The number of hydrogen-bond acceptors (Lipinski definition) is 4. The van der Waals surface area contributed by atoms with E-state index < -0.39 is 0 Å². The monoisotopic (exact) mass is 266 g/mol. The fourth-order valence-corrected chi connectivity index (χ4v) is 2.77. The van der Waals surface area contributed by atoms with Gasteiger partial charge in [0.25, 0.3) is 0 Å². The molecule has 1 fully saturated rings. The molecule has 19 heavy (non-hydrogen) atoms. The number of rotatable bonds is 4. The first-order chi connectivity index (χ1) is 9.10. The maximum absolute atomic E-state index is 13.8. The van der Waals surface area contributed by atoms with Gasteiger partial charge in [0.2, 0.25) is 5.95 Å². The summed E-state index contributed by atoms with van der Waals surface area (Å²) in [6.45, 7) is 7.19. The zero-order valence-electron chi connectivity index (χ0n) is 11.9. The molecule has 0 bridgehead atoms. The van der Waals surface area contributed by atoms with Crippen LogP contribution < -0.4 is 10.6 Å². The second kappa shape index (κ2) is 6.17. The van der Waals surface area contributed by atoms with Crippen LogP contribution in [0.5, 0.6) is 0 Å². The third-order valence-corrected chi connectivity index (χ3v) is 3.83. The summed E-state index contributed by atoms with van der Waals surface area (Å²) in [5.74, 6) is 1.72. The summed E-state index contributed by atoms with van der Waals surface area (Å²) in [5, 5.41) is 6.25. The van der Waals surface area contributed by atoms with Crippen molar-refractivity contribution in [1.29, 1.82) is 0 Å². The van der Waals surface area contributed by atoms with Crippen molar-refractivity contribution in [2.24, 2.45) is 11.8 Å². The number of halogens is 1. The first-order valence-corrected chi connectivity index (χ1v) is 7.13. The molecule has 0 spiro atoms. The number of nitrogens with one attached hydrogen (secondary N) is 2.